The Bertz CT molecular complexity index is 508. The summed E-state index contributed by atoms with van der Waals surface area (Å²) in [5.74, 6) is 0. The summed E-state index contributed by atoms with van der Waals surface area (Å²) in [6.45, 7) is 2.70. The van der Waals surface area contributed by atoms with Gasteiger partial charge in [-0.1, -0.05) is 17.7 Å². The Labute approximate surface area is 109 Å². The lowest BCUT2D eigenvalue weighted by Gasteiger charge is -2.19. The molecule has 1 unspecified atom stereocenters. The van der Waals surface area contributed by atoms with Gasteiger partial charge in [-0.15, -0.1) is 0 Å². The van der Waals surface area contributed by atoms with Gasteiger partial charge in [0, 0.05) is 6.61 Å². The molecule has 0 spiro atoms. The number of ether oxygens (including phenoxy) is 1. The van der Waals surface area contributed by atoms with Crippen LogP contribution in [0.2, 0.25) is 0 Å². The van der Waals surface area contributed by atoms with E-state index in [9.17, 15) is 21.6 Å². The van der Waals surface area contributed by atoms with Gasteiger partial charge in [-0.05, 0) is 26.0 Å². The quantitative estimate of drug-likeness (QED) is 0.619. The molecule has 0 aromatic heterocycles. The Morgan fingerprint density at radius 1 is 1.21 bits per heavy atom. The maximum Gasteiger partial charge on any atom is 0.441 e. The Kier molecular flexibility index (Phi) is 4.94. The third-order valence-electron chi connectivity index (χ3n) is 2.11. The molecule has 0 saturated heterocycles. The molecule has 0 saturated carbocycles. The van der Waals surface area contributed by atoms with Crippen molar-refractivity contribution < 1.29 is 30.5 Å². The van der Waals surface area contributed by atoms with Gasteiger partial charge >= 0.3 is 6.18 Å². The van der Waals surface area contributed by atoms with Crippen LogP contribution in [0.25, 0.3) is 0 Å². The SMILES string of the molecule is CCOC(OS(=O)(=O)c1ccc(C)cc1)C(F)(F)F. The molecule has 1 atom stereocenters. The van der Waals surface area contributed by atoms with Gasteiger partial charge in [-0.2, -0.15) is 21.6 Å². The fourth-order valence-electron chi connectivity index (χ4n) is 1.20. The first kappa shape index (κ1) is 15.9. The summed E-state index contributed by atoms with van der Waals surface area (Å²) in [7, 11) is -4.53. The number of aryl methyl sites for hydroxylation is 1. The Morgan fingerprint density at radius 2 is 1.74 bits per heavy atom. The molecule has 8 heteroatoms. The van der Waals surface area contributed by atoms with Crippen molar-refractivity contribution in [2.45, 2.75) is 31.2 Å². The van der Waals surface area contributed by atoms with Crippen LogP contribution in [0.5, 0.6) is 0 Å². The predicted octanol–water partition coefficient (Wildman–Crippen LogP) is 2.63. The number of benzene rings is 1. The second-order valence-electron chi connectivity index (χ2n) is 3.69. The summed E-state index contributed by atoms with van der Waals surface area (Å²) in [5.41, 5.74) is 0.774. The number of alkyl halides is 3. The molecule has 0 aliphatic heterocycles. The lowest BCUT2D eigenvalue weighted by Crippen LogP contribution is -2.36. The lowest BCUT2D eigenvalue weighted by molar-refractivity contribution is -0.279. The molecule has 4 nitrogen and oxygen atoms in total. The van der Waals surface area contributed by atoms with Gasteiger partial charge in [0.2, 0.25) is 0 Å². The topological polar surface area (TPSA) is 52.6 Å². The van der Waals surface area contributed by atoms with Crippen LogP contribution in [-0.2, 0) is 19.0 Å². The van der Waals surface area contributed by atoms with Gasteiger partial charge in [0.05, 0.1) is 4.90 Å². The fourth-order valence-corrected chi connectivity index (χ4v) is 2.18. The van der Waals surface area contributed by atoms with Gasteiger partial charge in [0.15, 0.2) is 0 Å². The molecule has 108 valence electrons. The maximum absolute atomic E-state index is 12.5. The zero-order chi connectivity index (χ0) is 14.7. The van der Waals surface area contributed by atoms with Crippen LogP contribution < -0.4 is 0 Å². The van der Waals surface area contributed by atoms with E-state index in [4.69, 9.17) is 0 Å². The second-order valence-corrected chi connectivity index (χ2v) is 5.26. The van der Waals surface area contributed by atoms with Crippen molar-refractivity contribution in [1.29, 1.82) is 0 Å². The first-order chi connectivity index (χ1) is 8.66. The number of hydrogen-bond donors (Lipinski definition) is 0. The molecule has 1 aromatic carbocycles. The van der Waals surface area contributed by atoms with E-state index >= 15 is 0 Å². The smallest absolute Gasteiger partial charge is 0.344 e. The third kappa shape index (κ3) is 4.48. The summed E-state index contributed by atoms with van der Waals surface area (Å²) in [6, 6.07) is 5.26. The van der Waals surface area contributed by atoms with E-state index in [0.29, 0.717) is 0 Å². The van der Waals surface area contributed by atoms with Crippen LogP contribution in [0, 0.1) is 6.92 Å². The van der Waals surface area contributed by atoms with Crippen molar-refractivity contribution in [3.05, 3.63) is 29.8 Å². The summed E-state index contributed by atoms with van der Waals surface area (Å²) >= 11 is 0. The molecule has 0 radical (unpaired) electrons. The normalized spacial score (nSPS) is 14.4. The van der Waals surface area contributed by atoms with E-state index in [1.165, 1.54) is 31.2 Å². The van der Waals surface area contributed by atoms with Crippen molar-refractivity contribution >= 4 is 10.1 Å². The number of hydrogen-bond acceptors (Lipinski definition) is 4. The van der Waals surface area contributed by atoms with E-state index in [1.807, 2.05) is 0 Å². The van der Waals surface area contributed by atoms with Crippen molar-refractivity contribution in [3.63, 3.8) is 0 Å². The highest BCUT2D eigenvalue weighted by Crippen LogP contribution is 2.27. The Morgan fingerprint density at radius 3 is 2.16 bits per heavy atom. The van der Waals surface area contributed by atoms with Crippen molar-refractivity contribution in [2.75, 3.05) is 6.61 Å². The molecule has 0 aliphatic rings. The molecule has 0 bridgehead atoms. The molecular weight excluding hydrogens is 285 g/mol. The highest BCUT2D eigenvalue weighted by Gasteiger charge is 2.45. The minimum absolute atomic E-state index is 0.326. The van der Waals surface area contributed by atoms with Crippen LogP contribution in [0.3, 0.4) is 0 Å². The van der Waals surface area contributed by atoms with Gasteiger partial charge in [0.1, 0.15) is 0 Å². The first-order valence-corrected chi connectivity index (χ1v) is 6.76. The van der Waals surface area contributed by atoms with E-state index in [-0.39, 0.29) is 11.5 Å². The highest BCUT2D eigenvalue weighted by molar-refractivity contribution is 7.86. The average molecular weight is 298 g/mol. The van der Waals surface area contributed by atoms with E-state index in [1.54, 1.807) is 6.92 Å². The molecule has 0 amide bonds. The third-order valence-corrected chi connectivity index (χ3v) is 3.39. The van der Waals surface area contributed by atoms with Crippen LogP contribution in [0.1, 0.15) is 12.5 Å². The Hall–Kier alpha value is -1.12. The molecule has 0 fully saturated rings. The molecule has 1 rings (SSSR count). The summed E-state index contributed by atoms with van der Waals surface area (Å²) in [5, 5.41) is 0. The molecule has 0 N–H and O–H groups in total. The molecule has 1 aromatic rings. The average Bonchev–Trinajstić information content (AvgIpc) is 2.27. The second kappa shape index (κ2) is 5.89. The number of halogens is 3. The van der Waals surface area contributed by atoms with Crippen molar-refractivity contribution in [3.8, 4) is 0 Å². The molecular formula is C11H13F3O4S. The minimum Gasteiger partial charge on any atom is -0.344 e. The van der Waals surface area contributed by atoms with Crippen LogP contribution >= 0.6 is 0 Å². The predicted molar refractivity (Wildman–Crippen MR) is 60.9 cm³/mol. The van der Waals surface area contributed by atoms with E-state index in [2.05, 4.69) is 8.92 Å². The lowest BCUT2D eigenvalue weighted by atomic mass is 10.2. The van der Waals surface area contributed by atoms with Gasteiger partial charge < -0.3 is 4.74 Å². The summed E-state index contributed by atoms with van der Waals surface area (Å²) in [4.78, 5) is -0.355. The summed E-state index contributed by atoms with van der Waals surface area (Å²) < 4.78 is 69.2. The molecule has 19 heavy (non-hydrogen) atoms. The first-order valence-electron chi connectivity index (χ1n) is 5.35. The zero-order valence-corrected chi connectivity index (χ0v) is 11.1. The van der Waals surface area contributed by atoms with Crippen LogP contribution in [-0.4, -0.2) is 27.5 Å². The van der Waals surface area contributed by atoms with E-state index in [0.717, 1.165) is 5.56 Å². The number of rotatable bonds is 5. The van der Waals surface area contributed by atoms with Crippen LogP contribution in [0.4, 0.5) is 13.2 Å². The van der Waals surface area contributed by atoms with Gasteiger partial charge in [-0.3, -0.25) is 0 Å². The summed E-state index contributed by atoms with van der Waals surface area (Å²) in [6.07, 6.45) is -7.72. The standard InChI is InChI=1S/C11H13F3O4S/c1-3-17-10(11(12,13)14)18-19(15,16)9-6-4-8(2)5-7-9/h4-7,10H,3H2,1-2H3. The minimum atomic E-state index is -4.92. The zero-order valence-electron chi connectivity index (χ0n) is 10.3. The molecule has 0 aliphatic carbocycles. The highest BCUT2D eigenvalue weighted by atomic mass is 32.2. The van der Waals surface area contributed by atoms with Crippen molar-refractivity contribution in [2.24, 2.45) is 0 Å². The van der Waals surface area contributed by atoms with Gasteiger partial charge in [-0.25, -0.2) is 4.18 Å². The molecule has 0 heterocycles. The maximum atomic E-state index is 12.5. The largest absolute Gasteiger partial charge is 0.441 e. The van der Waals surface area contributed by atoms with Gasteiger partial charge in [0.25, 0.3) is 16.4 Å². The van der Waals surface area contributed by atoms with E-state index < -0.39 is 22.6 Å². The fraction of sp³-hybridized carbons (Fsp3) is 0.455. The monoisotopic (exact) mass is 298 g/mol. The van der Waals surface area contributed by atoms with Crippen molar-refractivity contribution in [1.82, 2.24) is 0 Å². The van der Waals surface area contributed by atoms with Crippen LogP contribution in [0.15, 0.2) is 29.2 Å². The Balaban J connectivity index is 2.97.